The number of carbonyl (C=O) groups excluding carboxylic acids is 1. The van der Waals surface area contributed by atoms with Crippen LogP contribution in [0.3, 0.4) is 0 Å². The van der Waals surface area contributed by atoms with Crippen LogP contribution in [0.4, 0.5) is 0 Å². The number of benzene rings is 3. The van der Waals surface area contributed by atoms with Crippen LogP contribution >= 0.6 is 0 Å². The number of ether oxygens (including phenoxy) is 3. The Morgan fingerprint density at radius 2 is 1.56 bits per heavy atom. The van der Waals surface area contributed by atoms with Crippen molar-refractivity contribution in [1.29, 1.82) is 0 Å². The molecule has 3 aromatic rings. The molecule has 0 fully saturated rings. The van der Waals surface area contributed by atoms with Crippen LogP contribution in [0.15, 0.2) is 78.9 Å². The third-order valence-electron chi connectivity index (χ3n) is 5.52. The standard InChI is InChI=1S/C28H33NO5/c1-32-25-14-13-22(17-26(25)33-2)15-16-29-19-24(30)20-34-27(18-21-9-5-3-6-10-21)28(31)23-11-7-4-8-12-23/h3-14,17,24,27,29-30H,15-16,18-20H2,1-2H3. The van der Waals surface area contributed by atoms with Crippen molar-refractivity contribution in [2.45, 2.75) is 25.0 Å². The van der Waals surface area contributed by atoms with Crippen LogP contribution in [0.2, 0.25) is 0 Å². The quantitative estimate of drug-likeness (QED) is 0.280. The first-order valence-electron chi connectivity index (χ1n) is 11.4. The van der Waals surface area contributed by atoms with E-state index in [0.717, 1.165) is 17.5 Å². The van der Waals surface area contributed by atoms with Gasteiger partial charge >= 0.3 is 0 Å². The molecule has 2 N–H and O–H groups in total. The molecule has 6 nitrogen and oxygen atoms in total. The molecule has 0 amide bonds. The van der Waals surface area contributed by atoms with Crippen molar-refractivity contribution in [3.63, 3.8) is 0 Å². The fraction of sp³-hybridized carbons (Fsp3) is 0.321. The van der Waals surface area contributed by atoms with Gasteiger partial charge in [-0.3, -0.25) is 4.79 Å². The van der Waals surface area contributed by atoms with Gasteiger partial charge < -0.3 is 24.6 Å². The van der Waals surface area contributed by atoms with E-state index in [9.17, 15) is 9.90 Å². The molecule has 34 heavy (non-hydrogen) atoms. The smallest absolute Gasteiger partial charge is 0.191 e. The number of methoxy groups -OCH3 is 2. The molecule has 0 heterocycles. The molecule has 0 bridgehead atoms. The highest BCUT2D eigenvalue weighted by molar-refractivity contribution is 5.99. The zero-order valence-corrected chi connectivity index (χ0v) is 19.8. The van der Waals surface area contributed by atoms with E-state index in [2.05, 4.69) is 5.32 Å². The van der Waals surface area contributed by atoms with Crippen molar-refractivity contribution in [3.8, 4) is 11.5 Å². The van der Waals surface area contributed by atoms with Gasteiger partial charge in [0.25, 0.3) is 0 Å². The van der Waals surface area contributed by atoms with Crippen LogP contribution in [0.25, 0.3) is 0 Å². The Hall–Kier alpha value is -3.19. The summed E-state index contributed by atoms with van der Waals surface area (Å²) in [6.07, 6.45) is -0.163. The fourth-order valence-electron chi connectivity index (χ4n) is 3.67. The summed E-state index contributed by atoms with van der Waals surface area (Å²) in [4.78, 5) is 13.0. The highest BCUT2D eigenvalue weighted by atomic mass is 16.5. The van der Waals surface area contributed by atoms with E-state index < -0.39 is 12.2 Å². The Morgan fingerprint density at radius 1 is 0.882 bits per heavy atom. The predicted molar refractivity (Wildman–Crippen MR) is 133 cm³/mol. The normalized spacial score (nSPS) is 12.7. The molecular weight excluding hydrogens is 430 g/mol. The SMILES string of the molecule is COc1ccc(CCNCC(O)COC(Cc2ccccc2)C(=O)c2ccccc2)cc1OC. The summed E-state index contributed by atoms with van der Waals surface area (Å²) in [7, 11) is 3.23. The molecule has 2 unspecified atom stereocenters. The van der Waals surface area contributed by atoms with Gasteiger partial charge in [0.05, 0.1) is 26.9 Å². The van der Waals surface area contributed by atoms with Gasteiger partial charge in [-0.2, -0.15) is 0 Å². The van der Waals surface area contributed by atoms with E-state index in [1.54, 1.807) is 26.4 Å². The average Bonchev–Trinajstić information content (AvgIpc) is 2.89. The van der Waals surface area contributed by atoms with Crippen molar-refractivity contribution < 1.29 is 24.1 Å². The number of rotatable bonds is 14. The summed E-state index contributed by atoms with van der Waals surface area (Å²) in [6, 6.07) is 24.7. The second-order valence-electron chi connectivity index (χ2n) is 8.04. The molecule has 3 aromatic carbocycles. The topological polar surface area (TPSA) is 77.0 Å². The number of hydrogen-bond acceptors (Lipinski definition) is 6. The minimum Gasteiger partial charge on any atom is -0.493 e. The molecule has 0 aliphatic heterocycles. The third-order valence-corrected chi connectivity index (χ3v) is 5.52. The van der Waals surface area contributed by atoms with Crippen molar-refractivity contribution in [3.05, 3.63) is 95.6 Å². The monoisotopic (exact) mass is 463 g/mol. The highest BCUT2D eigenvalue weighted by Crippen LogP contribution is 2.27. The van der Waals surface area contributed by atoms with E-state index in [0.29, 0.717) is 36.6 Å². The summed E-state index contributed by atoms with van der Waals surface area (Å²) >= 11 is 0. The Labute approximate surface area is 201 Å². The van der Waals surface area contributed by atoms with Gasteiger partial charge in [-0.25, -0.2) is 0 Å². The second kappa shape index (κ2) is 13.5. The summed E-state index contributed by atoms with van der Waals surface area (Å²) < 4.78 is 16.5. The fourth-order valence-corrected chi connectivity index (χ4v) is 3.67. The van der Waals surface area contributed by atoms with Gasteiger partial charge in [0.2, 0.25) is 0 Å². The van der Waals surface area contributed by atoms with Gasteiger partial charge in [-0.05, 0) is 36.2 Å². The van der Waals surface area contributed by atoms with Gasteiger partial charge in [-0.1, -0.05) is 66.7 Å². The lowest BCUT2D eigenvalue weighted by molar-refractivity contribution is -0.00161. The summed E-state index contributed by atoms with van der Waals surface area (Å²) in [5, 5.41) is 13.7. The first-order valence-corrected chi connectivity index (χ1v) is 11.4. The van der Waals surface area contributed by atoms with Gasteiger partial charge in [-0.15, -0.1) is 0 Å². The first kappa shape index (κ1) is 25.4. The van der Waals surface area contributed by atoms with E-state index in [1.165, 1.54) is 0 Å². The lowest BCUT2D eigenvalue weighted by Crippen LogP contribution is -2.35. The minimum atomic E-state index is -0.729. The summed E-state index contributed by atoms with van der Waals surface area (Å²) in [6.45, 7) is 1.12. The first-order chi connectivity index (χ1) is 16.6. The Morgan fingerprint density at radius 3 is 2.24 bits per heavy atom. The maximum absolute atomic E-state index is 13.0. The summed E-state index contributed by atoms with van der Waals surface area (Å²) in [5.74, 6) is 1.31. The van der Waals surface area contributed by atoms with Crippen molar-refractivity contribution >= 4 is 5.78 Å². The molecule has 3 rings (SSSR count). The molecule has 0 aliphatic carbocycles. The van der Waals surface area contributed by atoms with Crippen LogP contribution in [0.5, 0.6) is 11.5 Å². The van der Waals surface area contributed by atoms with Crippen molar-refractivity contribution in [2.75, 3.05) is 33.9 Å². The van der Waals surface area contributed by atoms with Crippen molar-refractivity contribution in [2.24, 2.45) is 0 Å². The van der Waals surface area contributed by atoms with E-state index in [1.807, 2.05) is 66.7 Å². The van der Waals surface area contributed by atoms with E-state index >= 15 is 0 Å². The zero-order valence-electron chi connectivity index (χ0n) is 19.8. The largest absolute Gasteiger partial charge is 0.493 e. The molecule has 0 saturated heterocycles. The molecule has 2 atom stereocenters. The molecule has 0 aliphatic rings. The molecule has 0 saturated carbocycles. The van der Waals surface area contributed by atoms with E-state index in [4.69, 9.17) is 14.2 Å². The molecule has 0 radical (unpaired) electrons. The maximum Gasteiger partial charge on any atom is 0.191 e. The second-order valence-corrected chi connectivity index (χ2v) is 8.04. The Bertz CT molecular complexity index is 1010. The molecule has 0 aromatic heterocycles. The lowest BCUT2D eigenvalue weighted by Gasteiger charge is -2.20. The van der Waals surface area contributed by atoms with Gasteiger partial charge in [0, 0.05) is 18.5 Å². The highest BCUT2D eigenvalue weighted by Gasteiger charge is 2.22. The number of Topliss-reactive ketones (excluding diaryl/α,β-unsaturated/α-hetero) is 1. The van der Waals surface area contributed by atoms with Gasteiger partial charge in [0.1, 0.15) is 6.10 Å². The van der Waals surface area contributed by atoms with Crippen LogP contribution in [0, 0.1) is 0 Å². The Kier molecular flexibility index (Phi) is 10.1. The van der Waals surface area contributed by atoms with Crippen molar-refractivity contribution in [1.82, 2.24) is 5.32 Å². The predicted octanol–water partition coefficient (Wildman–Crippen LogP) is 3.71. The number of aliphatic hydroxyl groups is 1. The zero-order chi connectivity index (χ0) is 24.2. The van der Waals surface area contributed by atoms with Crippen LogP contribution < -0.4 is 14.8 Å². The third kappa shape index (κ3) is 7.70. The molecular formula is C28H33NO5. The lowest BCUT2D eigenvalue weighted by atomic mass is 10.00. The van der Waals surface area contributed by atoms with E-state index in [-0.39, 0.29) is 12.4 Å². The number of hydrogen-bond donors (Lipinski definition) is 2. The number of carbonyl (C=O) groups is 1. The minimum absolute atomic E-state index is 0.0689. The van der Waals surface area contributed by atoms with Gasteiger partial charge in [0.15, 0.2) is 17.3 Å². The molecule has 6 heteroatoms. The maximum atomic E-state index is 13.0. The van der Waals surface area contributed by atoms with Crippen LogP contribution in [0.1, 0.15) is 21.5 Å². The Balaban J connectivity index is 1.49. The number of ketones is 1. The number of nitrogens with one attached hydrogen (secondary N) is 1. The summed E-state index contributed by atoms with van der Waals surface area (Å²) in [5.41, 5.74) is 2.72. The molecule has 180 valence electrons. The number of aliphatic hydroxyl groups excluding tert-OH is 1. The van der Waals surface area contributed by atoms with Crippen LogP contribution in [-0.2, 0) is 17.6 Å². The van der Waals surface area contributed by atoms with Crippen LogP contribution in [-0.4, -0.2) is 57.0 Å². The molecule has 0 spiro atoms. The average molecular weight is 464 g/mol.